The van der Waals surface area contributed by atoms with Gasteiger partial charge in [-0.2, -0.15) is 0 Å². The monoisotopic (exact) mass is 297 g/mol. The van der Waals surface area contributed by atoms with Crippen molar-refractivity contribution >= 4 is 17.5 Å². The molecule has 0 saturated carbocycles. The van der Waals surface area contributed by atoms with E-state index in [2.05, 4.69) is 22.5 Å². The van der Waals surface area contributed by atoms with Crippen molar-refractivity contribution in [2.75, 3.05) is 11.9 Å². The number of nitrogens with one attached hydrogen (secondary N) is 2. The molecule has 0 spiro atoms. The predicted molar refractivity (Wildman–Crippen MR) is 85.9 cm³/mol. The molecule has 5 nitrogen and oxygen atoms in total. The van der Waals surface area contributed by atoms with Gasteiger partial charge in [0.1, 0.15) is 0 Å². The van der Waals surface area contributed by atoms with E-state index < -0.39 is 0 Å². The molecule has 0 fully saturated rings. The van der Waals surface area contributed by atoms with E-state index >= 15 is 0 Å². The summed E-state index contributed by atoms with van der Waals surface area (Å²) in [6, 6.07) is 10.2. The average molecular weight is 297 g/mol. The number of pyridine rings is 1. The van der Waals surface area contributed by atoms with Crippen molar-refractivity contribution in [3.63, 3.8) is 0 Å². The summed E-state index contributed by atoms with van der Waals surface area (Å²) in [5, 5.41) is 5.62. The first-order valence-corrected chi connectivity index (χ1v) is 7.30. The lowest BCUT2D eigenvalue weighted by molar-refractivity contribution is 0.0952. The Morgan fingerprint density at radius 1 is 1.05 bits per heavy atom. The Kier molecular flexibility index (Phi) is 5.65. The van der Waals surface area contributed by atoms with E-state index in [9.17, 15) is 9.59 Å². The number of rotatable bonds is 6. The van der Waals surface area contributed by atoms with E-state index in [0.29, 0.717) is 23.4 Å². The van der Waals surface area contributed by atoms with Crippen LogP contribution in [-0.2, 0) is 0 Å². The van der Waals surface area contributed by atoms with Gasteiger partial charge in [0.15, 0.2) is 0 Å². The quantitative estimate of drug-likeness (QED) is 0.805. The highest BCUT2D eigenvalue weighted by atomic mass is 16.2. The van der Waals surface area contributed by atoms with Crippen LogP contribution in [0.2, 0.25) is 0 Å². The van der Waals surface area contributed by atoms with Crippen molar-refractivity contribution in [2.45, 2.75) is 19.8 Å². The van der Waals surface area contributed by atoms with Crippen molar-refractivity contribution in [3.05, 3.63) is 59.9 Å². The SMILES string of the molecule is CCCCNC(=O)c1ccc(NC(=O)c2cccnc2)cc1. The van der Waals surface area contributed by atoms with Crippen molar-refractivity contribution in [2.24, 2.45) is 0 Å². The third-order valence-electron chi connectivity index (χ3n) is 3.14. The van der Waals surface area contributed by atoms with Crippen LogP contribution >= 0.6 is 0 Å². The van der Waals surface area contributed by atoms with Gasteiger partial charge in [-0.1, -0.05) is 13.3 Å². The molecule has 0 radical (unpaired) electrons. The van der Waals surface area contributed by atoms with Gasteiger partial charge in [-0.25, -0.2) is 0 Å². The Labute approximate surface area is 129 Å². The molecule has 2 amide bonds. The minimum absolute atomic E-state index is 0.0985. The highest BCUT2D eigenvalue weighted by Crippen LogP contribution is 2.11. The molecular weight excluding hydrogens is 278 g/mol. The number of carbonyl (C=O) groups excluding carboxylic acids is 2. The first kappa shape index (κ1) is 15.7. The smallest absolute Gasteiger partial charge is 0.257 e. The number of benzene rings is 1. The van der Waals surface area contributed by atoms with Gasteiger partial charge in [0.05, 0.1) is 5.56 Å². The third-order valence-corrected chi connectivity index (χ3v) is 3.14. The largest absolute Gasteiger partial charge is 0.352 e. The molecule has 2 N–H and O–H groups in total. The van der Waals surface area contributed by atoms with E-state index in [0.717, 1.165) is 12.8 Å². The van der Waals surface area contributed by atoms with Crippen LogP contribution in [0.15, 0.2) is 48.8 Å². The van der Waals surface area contributed by atoms with E-state index in [-0.39, 0.29) is 11.8 Å². The van der Waals surface area contributed by atoms with E-state index in [4.69, 9.17) is 0 Å². The van der Waals surface area contributed by atoms with Crippen molar-refractivity contribution in [1.82, 2.24) is 10.3 Å². The fraction of sp³-hybridized carbons (Fsp3) is 0.235. The minimum atomic E-state index is -0.228. The predicted octanol–water partition coefficient (Wildman–Crippen LogP) is 2.86. The third kappa shape index (κ3) is 4.41. The Morgan fingerprint density at radius 3 is 2.45 bits per heavy atom. The zero-order valence-corrected chi connectivity index (χ0v) is 12.5. The molecular formula is C17H19N3O2. The summed E-state index contributed by atoms with van der Waals surface area (Å²) < 4.78 is 0. The summed E-state index contributed by atoms with van der Waals surface area (Å²) in [6.45, 7) is 2.75. The van der Waals surface area contributed by atoms with E-state index in [1.54, 1.807) is 42.6 Å². The van der Waals surface area contributed by atoms with Crippen molar-refractivity contribution < 1.29 is 9.59 Å². The van der Waals surface area contributed by atoms with Gasteiger partial charge in [-0.05, 0) is 42.8 Å². The van der Waals surface area contributed by atoms with Gasteiger partial charge >= 0.3 is 0 Å². The Hall–Kier alpha value is -2.69. The summed E-state index contributed by atoms with van der Waals surface area (Å²) in [5.74, 6) is -0.327. The first-order valence-electron chi connectivity index (χ1n) is 7.30. The van der Waals surface area contributed by atoms with Gasteiger partial charge < -0.3 is 10.6 Å². The van der Waals surface area contributed by atoms with Gasteiger partial charge in [-0.15, -0.1) is 0 Å². The number of anilines is 1. The summed E-state index contributed by atoms with van der Waals surface area (Å²) >= 11 is 0. The summed E-state index contributed by atoms with van der Waals surface area (Å²) in [5.41, 5.74) is 1.71. The fourth-order valence-electron chi connectivity index (χ4n) is 1.89. The zero-order chi connectivity index (χ0) is 15.8. The van der Waals surface area contributed by atoms with Crippen LogP contribution in [0.1, 0.15) is 40.5 Å². The summed E-state index contributed by atoms with van der Waals surface area (Å²) in [4.78, 5) is 27.8. The Balaban J connectivity index is 1.94. The molecule has 114 valence electrons. The first-order chi connectivity index (χ1) is 10.7. The summed E-state index contributed by atoms with van der Waals surface area (Å²) in [7, 11) is 0. The highest BCUT2D eigenvalue weighted by Gasteiger charge is 2.07. The molecule has 2 rings (SSSR count). The number of unbranched alkanes of at least 4 members (excludes halogenated alkanes) is 1. The van der Waals surface area contributed by atoms with Gasteiger partial charge in [0, 0.05) is 30.2 Å². The maximum Gasteiger partial charge on any atom is 0.257 e. The molecule has 0 saturated heterocycles. The van der Waals surface area contributed by atoms with Crippen molar-refractivity contribution in [1.29, 1.82) is 0 Å². The Bertz CT molecular complexity index is 624. The van der Waals surface area contributed by atoms with E-state index in [1.165, 1.54) is 6.20 Å². The molecule has 0 aliphatic heterocycles. The van der Waals surface area contributed by atoms with Crippen LogP contribution in [0, 0.1) is 0 Å². The lowest BCUT2D eigenvalue weighted by atomic mass is 10.2. The molecule has 0 unspecified atom stereocenters. The minimum Gasteiger partial charge on any atom is -0.352 e. The van der Waals surface area contributed by atoms with E-state index in [1.807, 2.05) is 0 Å². The molecule has 0 aliphatic rings. The van der Waals surface area contributed by atoms with Gasteiger partial charge in [0.25, 0.3) is 11.8 Å². The maximum absolute atomic E-state index is 12.0. The number of carbonyl (C=O) groups is 2. The van der Waals surface area contributed by atoms with Crippen LogP contribution in [-0.4, -0.2) is 23.3 Å². The zero-order valence-electron chi connectivity index (χ0n) is 12.5. The number of amides is 2. The second-order valence-corrected chi connectivity index (χ2v) is 4.88. The second-order valence-electron chi connectivity index (χ2n) is 4.88. The standard InChI is InChI=1S/C17H19N3O2/c1-2-3-11-19-16(21)13-6-8-15(9-7-13)20-17(22)14-5-4-10-18-12-14/h4-10,12H,2-3,11H2,1H3,(H,19,21)(H,20,22). The average Bonchev–Trinajstić information content (AvgIpc) is 2.56. The number of nitrogens with zero attached hydrogens (tertiary/aromatic N) is 1. The molecule has 1 aromatic carbocycles. The van der Waals surface area contributed by atoms with Gasteiger partial charge in [-0.3, -0.25) is 14.6 Å². The van der Waals surface area contributed by atoms with Crippen molar-refractivity contribution in [3.8, 4) is 0 Å². The fourth-order valence-corrected chi connectivity index (χ4v) is 1.89. The number of hydrogen-bond donors (Lipinski definition) is 2. The normalized spacial score (nSPS) is 10.0. The highest BCUT2D eigenvalue weighted by molar-refractivity contribution is 6.04. The van der Waals surface area contributed by atoms with Crippen LogP contribution < -0.4 is 10.6 Å². The molecule has 1 aromatic heterocycles. The molecule has 1 heterocycles. The van der Waals surface area contributed by atoms with Gasteiger partial charge in [0.2, 0.25) is 0 Å². The molecule has 0 atom stereocenters. The van der Waals surface area contributed by atoms with Crippen LogP contribution in [0.5, 0.6) is 0 Å². The lowest BCUT2D eigenvalue weighted by Gasteiger charge is -2.07. The molecule has 2 aromatic rings. The molecule has 0 aliphatic carbocycles. The van der Waals surface area contributed by atoms with Crippen LogP contribution in [0.3, 0.4) is 0 Å². The molecule has 0 bridgehead atoms. The van der Waals surface area contributed by atoms with Crippen LogP contribution in [0.25, 0.3) is 0 Å². The number of aromatic nitrogens is 1. The maximum atomic E-state index is 12.0. The molecule has 5 heteroatoms. The molecule has 22 heavy (non-hydrogen) atoms. The topological polar surface area (TPSA) is 71.1 Å². The number of hydrogen-bond acceptors (Lipinski definition) is 3. The second kappa shape index (κ2) is 7.93. The summed E-state index contributed by atoms with van der Waals surface area (Å²) in [6.07, 6.45) is 5.12. The van der Waals surface area contributed by atoms with Crippen LogP contribution in [0.4, 0.5) is 5.69 Å². The lowest BCUT2D eigenvalue weighted by Crippen LogP contribution is -2.24. The Morgan fingerprint density at radius 2 is 1.82 bits per heavy atom.